The van der Waals surface area contributed by atoms with Gasteiger partial charge in [-0.2, -0.15) is 4.98 Å². The van der Waals surface area contributed by atoms with Gasteiger partial charge in [0.15, 0.2) is 6.33 Å². The number of nitrogens with zero attached hydrogens (tertiary/aromatic N) is 2. The first-order valence-corrected chi connectivity index (χ1v) is 5.03. The van der Waals surface area contributed by atoms with E-state index in [0.717, 1.165) is 6.42 Å². The average Bonchev–Trinajstić information content (AvgIpc) is 2.71. The Morgan fingerprint density at radius 2 is 2.53 bits per heavy atom. The third kappa shape index (κ3) is 4.07. The lowest BCUT2D eigenvalue weighted by molar-refractivity contribution is -0.122. The van der Waals surface area contributed by atoms with Crippen LogP contribution < -0.4 is 11.1 Å². The largest absolute Gasteiger partial charge is 0.354 e. The van der Waals surface area contributed by atoms with Crippen molar-refractivity contribution in [3.63, 3.8) is 0 Å². The molecule has 6 heteroatoms. The number of aromatic nitrogens is 2. The summed E-state index contributed by atoms with van der Waals surface area (Å²) < 4.78 is 4.78. The first-order valence-electron chi connectivity index (χ1n) is 5.03. The molecule has 1 heterocycles. The summed E-state index contributed by atoms with van der Waals surface area (Å²) in [6.45, 7) is 2.46. The number of nitrogens with one attached hydrogen (secondary N) is 1. The van der Waals surface area contributed by atoms with Crippen molar-refractivity contribution in [1.82, 2.24) is 15.5 Å². The summed E-state index contributed by atoms with van der Waals surface area (Å²) >= 11 is 0. The topological polar surface area (TPSA) is 94.0 Å². The summed E-state index contributed by atoms with van der Waals surface area (Å²) in [5, 5.41) is 6.17. The second-order valence-corrected chi connectivity index (χ2v) is 3.27. The van der Waals surface area contributed by atoms with Crippen molar-refractivity contribution in [2.24, 2.45) is 5.73 Å². The summed E-state index contributed by atoms with van der Waals surface area (Å²) in [4.78, 5) is 15.2. The van der Waals surface area contributed by atoms with Gasteiger partial charge in [0, 0.05) is 13.0 Å². The van der Waals surface area contributed by atoms with Crippen LogP contribution in [-0.4, -0.2) is 28.6 Å². The van der Waals surface area contributed by atoms with Crippen LogP contribution in [0.3, 0.4) is 0 Å². The Kier molecular flexibility index (Phi) is 4.76. The van der Waals surface area contributed by atoms with E-state index in [2.05, 4.69) is 15.5 Å². The molecule has 1 atom stereocenters. The van der Waals surface area contributed by atoms with Gasteiger partial charge in [-0.25, -0.2) is 0 Å². The van der Waals surface area contributed by atoms with Crippen molar-refractivity contribution in [2.75, 3.05) is 6.54 Å². The maximum atomic E-state index is 11.4. The van der Waals surface area contributed by atoms with Gasteiger partial charge in [-0.15, -0.1) is 0 Å². The van der Waals surface area contributed by atoms with Gasteiger partial charge in [0.25, 0.3) is 0 Å². The fourth-order valence-corrected chi connectivity index (χ4v) is 1.17. The molecular weight excluding hydrogens is 196 g/mol. The Morgan fingerprint density at radius 1 is 1.73 bits per heavy atom. The first kappa shape index (κ1) is 11.6. The molecule has 0 bridgehead atoms. The van der Waals surface area contributed by atoms with E-state index in [1.807, 2.05) is 6.92 Å². The molecule has 1 rings (SSSR count). The molecule has 0 fully saturated rings. The minimum Gasteiger partial charge on any atom is -0.354 e. The molecule has 84 valence electrons. The van der Waals surface area contributed by atoms with Crippen LogP contribution in [0, 0.1) is 0 Å². The highest BCUT2D eigenvalue weighted by molar-refractivity contribution is 5.81. The Morgan fingerprint density at radius 3 is 3.13 bits per heavy atom. The zero-order valence-corrected chi connectivity index (χ0v) is 8.77. The highest BCUT2D eigenvalue weighted by Crippen LogP contribution is 1.94. The second-order valence-electron chi connectivity index (χ2n) is 3.27. The van der Waals surface area contributed by atoms with E-state index >= 15 is 0 Å². The molecule has 0 aliphatic rings. The lowest BCUT2D eigenvalue weighted by atomic mass is 10.2. The highest BCUT2D eigenvalue weighted by Gasteiger charge is 2.11. The van der Waals surface area contributed by atoms with Crippen molar-refractivity contribution >= 4 is 5.91 Å². The number of carbonyl (C=O) groups is 1. The number of rotatable bonds is 6. The molecule has 1 amide bonds. The molecular formula is C9H16N4O2. The van der Waals surface area contributed by atoms with Gasteiger partial charge in [0.1, 0.15) is 0 Å². The molecule has 1 unspecified atom stereocenters. The average molecular weight is 212 g/mol. The van der Waals surface area contributed by atoms with Crippen molar-refractivity contribution in [3.05, 3.63) is 12.2 Å². The fraction of sp³-hybridized carbons (Fsp3) is 0.667. The van der Waals surface area contributed by atoms with Crippen molar-refractivity contribution in [3.8, 4) is 0 Å². The molecule has 15 heavy (non-hydrogen) atoms. The van der Waals surface area contributed by atoms with E-state index < -0.39 is 6.04 Å². The zero-order valence-electron chi connectivity index (χ0n) is 8.77. The fourth-order valence-electron chi connectivity index (χ4n) is 1.17. The minimum absolute atomic E-state index is 0.128. The van der Waals surface area contributed by atoms with E-state index in [-0.39, 0.29) is 5.91 Å². The first-order chi connectivity index (χ1) is 7.24. The maximum absolute atomic E-state index is 11.4. The molecule has 0 aliphatic heterocycles. The van der Waals surface area contributed by atoms with Crippen LogP contribution in [0.5, 0.6) is 0 Å². The Bertz CT molecular complexity index is 286. The molecule has 1 aromatic heterocycles. The number of hydrogen-bond acceptors (Lipinski definition) is 5. The van der Waals surface area contributed by atoms with E-state index in [1.165, 1.54) is 6.33 Å². The van der Waals surface area contributed by atoms with Crippen LogP contribution in [0.15, 0.2) is 10.9 Å². The number of amides is 1. The lowest BCUT2D eigenvalue weighted by Gasteiger charge is -2.09. The summed E-state index contributed by atoms with van der Waals surface area (Å²) in [6, 6.07) is -0.419. The predicted molar refractivity (Wildman–Crippen MR) is 53.9 cm³/mol. The number of hydrogen-bond donors (Lipinski definition) is 2. The van der Waals surface area contributed by atoms with Crippen molar-refractivity contribution in [2.45, 2.75) is 32.2 Å². The zero-order chi connectivity index (χ0) is 11.1. The quantitative estimate of drug-likeness (QED) is 0.684. The standard InChI is InChI=1S/C9H16N4O2/c1-2-3-7(10)9(14)11-5-4-8-12-6-13-15-8/h6-7H,2-5,10H2,1H3,(H,11,14). The third-order valence-electron chi connectivity index (χ3n) is 1.98. The number of nitrogens with two attached hydrogens (primary N) is 1. The van der Waals surface area contributed by atoms with Crippen LogP contribution in [0.1, 0.15) is 25.7 Å². The van der Waals surface area contributed by atoms with Crippen LogP contribution in [0.2, 0.25) is 0 Å². The Hall–Kier alpha value is -1.43. The normalized spacial score (nSPS) is 12.4. The van der Waals surface area contributed by atoms with Crippen molar-refractivity contribution in [1.29, 1.82) is 0 Å². The SMILES string of the molecule is CCCC(N)C(=O)NCCc1ncno1. The van der Waals surface area contributed by atoms with Gasteiger partial charge in [0.2, 0.25) is 11.8 Å². The van der Waals surface area contributed by atoms with E-state index in [1.54, 1.807) is 0 Å². The Labute approximate surface area is 88.2 Å². The van der Waals surface area contributed by atoms with E-state index in [4.69, 9.17) is 10.3 Å². The van der Waals surface area contributed by atoms with E-state index in [9.17, 15) is 4.79 Å². The van der Waals surface area contributed by atoms with Crippen LogP contribution in [0.25, 0.3) is 0 Å². The highest BCUT2D eigenvalue weighted by atomic mass is 16.5. The minimum atomic E-state index is -0.419. The van der Waals surface area contributed by atoms with Crippen LogP contribution in [-0.2, 0) is 11.2 Å². The molecule has 0 saturated carbocycles. The summed E-state index contributed by atoms with van der Waals surface area (Å²) in [5.74, 6) is 0.385. The molecule has 0 aliphatic carbocycles. The predicted octanol–water partition coefficient (Wildman–Crippen LogP) is -0.144. The van der Waals surface area contributed by atoms with Gasteiger partial charge in [-0.3, -0.25) is 4.79 Å². The lowest BCUT2D eigenvalue weighted by Crippen LogP contribution is -2.41. The monoisotopic (exact) mass is 212 g/mol. The van der Waals surface area contributed by atoms with Gasteiger partial charge in [0.05, 0.1) is 6.04 Å². The molecule has 0 radical (unpaired) electrons. The summed E-state index contributed by atoms with van der Waals surface area (Å²) in [5.41, 5.74) is 5.62. The summed E-state index contributed by atoms with van der Waals surface area (Å²) in [7, 11) is 0. The van der Waals surface area contributed by atoms with Crippen LogP contribution >= 0.6 is 0 Å². The van der Waals surface area contributed by atoms with E-state index in [0.29, 0.717) is 25.3 Å². The summed E-state index contributed by atoms with van der Waals surface area (Å²) in [6.07, 6.45) is 3.47. The van der Waals surface area contributed by atoms with Gasteiger partial charge >= 0.3 is 0 Å². The molecule has 3 N–H and O–H groups in total. The molecule has 1 aromatic rings. The van der Waals surface area contributed by atoms with Gasteiger partial charge < -0.3 is 15.6 Å². The Balaban J connectivity index is 2.17. The molecule has 0 spiro atoms. The molecule has 0 aromatic carbocycles. The number of carbonyl (C=O) groups excluding carboxylic acids is 1. The molecule has 0 saturated heterocycles. The van der Waals surface area contributed by atoms with Gasteiger partial charge in [-0.05, 0) is 6.42 Å². The van der Waals surface area contributed by atoms with Crippen LogP contribution in [0.4, 0.5) is 0 Å². The third-order valence-corrected chi connectivity index (χ3v) is 1.98. The van der Waals surface area contributed by atoms with Crippen molar-refractivity contribution < 1.29 is 9.32 Å². The maximum Gasteiger partial charge on any atom is 0.236 e. The smallest absolute Gasteiger partial charge is 0.236 e. The molecule has 6 nitrogen and oxygen atoms in total. The second kappa shape index (κ2) is 6.13. The van der Waals surface area contributed by atoms with Gasteiger partial charge in [-0.1, -0.05) is 18.5 Å².